The molecular formula is C17H23NO5S. The van der Waals surface area contributed by atoms with E-state index in [9.17, 15) is 9.59 Å². The van der Waals surface area contributed by atoms with Crippen molar-refractivity contribution in [2.75, 3.05) is 32.1 Å². The highest BCUT2D eigenvalue weighted by Gasteiger charge is 2.30. The van der Waals surface area contributed by atoms with Crippen LogP contribution >= 0.6 is 11.8 Å². The lowest BCUT2D eigenvalue weighted by Gasteiger charge is -2.37. The van der Waals surface area contributed by atoms with Gasteiger partial charge >= 0.3 is 5.97 Å². The molecule has 1 aliphatic rings. The Labute approximate surface area is 146 Å². The lowest BCUT2D eigenvalue weighted by atomic mass is 10.1. The molecule has 0 atom stereocenters. The summed E-state index contributed by atoms with van der Waals surface area (Å²) >= 11 is 1.87. The second-order valence-electron chi connectivity index (χ2n) is 6.11. The number of rotatable bonds is 6. The van der Waals surface area contributed by atoms with E-state index in [2.05, 4.69) is 13.8 Å². The van der Waals surface area contributed by atoms with Gasteiger partial charge in [0.05, 0.1) is 6.61 Å². The lowest BCUT2D eigenvalue weighted by molar-refractivity contribution is -0.139. The van der Waals surface area contributed by atoms with Gasteiger partial charge in [0.1, 0.15) is 0 Å². The minimum Gasteiger partial charge on any atom is -0.490 e. The van der Waals surface area contributed by atoms with Crippen LogP contribution in [-0.2, 0) is 4.79 Å². The number of nitrogens with zero attached hydrogens (tertiary/aromatic N) is 1. The summed E-state index contributed by atoms with van der Waals surface area (Å²) in [6, 6.07) is 4.86. The van der Waals surface area contributed by atoms with Crippen LogP contribution in [0.2, 0.25) is 0 Å². The van der Waals surface area contributed by atoms with Gasteiger partial charge in [0.2, 0.25) is 0 Å². The zero-order valence-corrected chi connectivity index (χ0v) is 15.0. The number of carboxylic acid groups (broad SMARTS) is 1. The van der Waals surface area contributed by atoms with E-state index in [4.69, 9.17) is 14.6 Å². The van der Waals surface area contributed by atoms with Crippen LogP contribution in [0.1, 0.15) is 31.1 Å². The molecule has 0 spiro atoms. The second kappa shape index (κ2) is 7.79. The summed E-state index contributed by atoms with van der Waals surface area (Å²) in [7, 11) is 0. The van der Waals surface area contributed by atoms with Crippen molar-refractivity contribution < 1.29 is 24.2 Å². The van der Waals surface area contributed by atoms with Crippen molar-refractivity contribution in [3.63, 3.8) is 0 Å². The van der Waals surface area contributed by atoms with Crippen molar-refractivity contribution in [2.24, 2.45) is 0 Å². The van der Waals surface area contributed by atoms with Crippen molar-refractivity contribution in [2.45, 2.75) is 25.5 Å². The first-order valence-corrected chi connectivity index (χ1v) is 8.85. The average Bonchev–Trinajstić information content (AvgIpc) is 2.52. The smallest absolute Gasteiger partial charge is 0.341 e. The molecule has 132 valence electrons. The summed E-state index contributed by atoms with van der Waals surface area (Å²) < 4.78 is 10.8. The Morgan fingerprint density at radius 1 is 1.29 bits per heavy atom. The molecule has 0 aromatic heterocycles. The molecule has 1 heterocycles. The summed E-state index contributed by atoms with van der Waals surface area (Å²) in [5.41, 5.74) is 0.517. The summed E-state index contributed by atoms with van der Waals surface area (Å²) in [5.74, 6) is 0.511. The second-order valence-corrected chi connectivity index (χ2v) is 7.91. The van der Waals surface area contributed by atoms with Gasteiger partial charge in [-0.1, -0.05) is 0 Å². The molecule has 0 saturated carbocycles. The number of carbonyl (C=O) groups is 2. The van der Waals surface area contributed by atoms with E-state index in [0.29, 0.717) is 36.8 Å². The lowest BCUT2D eigenvalue weighted by Crippen LogP contribution is -2.46. The zero-order valence-electron chi connectivity index (χ0n) is 14.2. The SMILES string of the molecule is CCOc1cc(C(=O)N2CCSC(C)(C)C2)ccc1OCC(=O)O. The van der Waals surface area contributed by atoms with Gasteiger partial charge in [-0.05, 0) is 39.0 Å². The van der Waals surface area contributed by atoms with Crippen LogP contribution in [0.4, 0.5) is 0 Å². The van der Waals surface area contributed by atoms with E-state index in [1.54, 1.807) is 18.2 Å². The first kappa shape index (κ1) is 18.4. The van der Waals surface area contributed by atoms with Crippen molar-refractivity contribution in [1.29, 1.82) is 0 Å². The Hall–Kier alpha value is -1.89. The number of hydrogen-bond acceptors (Lipinski definition) is 5. The highest BCUT2D eigenvalue weighted by Crippen LogP contribution is 2.32. The number of thioether (sulfide) groups is 1. The highest BCUT2D eigenvalue weighted by molar-refractivity contribution is 8.00. The van der Waals surface area contributed by atoms with Crippen LogP contribution in [0, 0.1) is 0 Å². The number of hydrogen-bond donors (Lipinski definition) is 1. The number of carbonyl (C=O) groups excluding carboxylic acids is 1. The Balaban J connectivity index is 2.19. The van der Waals surface area contributed by atoms with E-state index in [1.165, 1.54) is 0 Å². The van der Waals surface area contributed by atoms with Gasteiger partial charge < -0.3 is 19.5 Å². The number of carboxylic acids is 1. The van der Waals surface area contributed by atoms with Crippen LogP contribution in [0.15, 0.2) is 18.2 Å². The van der Waals surface area contributed by atoms with Gasteiger partial charge in [-0.15, -0.1) is 0 Å². The molecule has 1 aliphatic heterocycles. The highest BCUT2D eigenvalue weighted by atomic mass is 32.2. The predicted molar refractivity (Wildman–Crippen MR) is 93.2 cm³/mol. The fraction of sp³-hybridized carbons (Fsp3) is 0.529. The van der Waals surface area contributed by atoms with Crippen molar-refractivity contribution >= 4 is 23.6 Å². The average molecular weight is 353 g/mol. The van der Waals surface area contributed by atoms with Crippen molar-refractivity contribution in [3.8, 4) is 11.5 Å². The molecule has 1 aromatic rings. The molecule has 0 unspecified atom stereocenters. The fourth-order valence-electron chi connectivity index (χ4n) is 2.54. The molecule has 0 radical (unpaired) electrons. The maximum atomic E-state index is 12.7. The van der Waals surface area contributed by atoms with Crippen LogP contribution in [0.3, 0.4) is 0 Å². The fourth-order valence-corrected chi connectivity index (χ4v) is 3.65. The van der Waals surface area contributed by atoms with Crippen LogP contribution in [0.5, 0.6) is 11.5 Å². The quantitative estimate of drug-likeness (QED) is 0.847. The molecule has 6 nitrogen and oxygen atoms in total. The third-order valence-corrected chi connectivity index (χ3v) is 4.85. The maximum Gasteiger partial charge on any atom is 0.341 e. The molecule has 1 N–H and O–H groups in total. The van der Waals surface area contributed by atoms with Crippen LogP contribution < -0.4 is 9.47 Å². The molecule has 2 rings (SSSR count). The number of benzene rings is 1. The molecule has 1 saturated heterocycles. The third kappa shape index (κ3) is 4.80. The predicted octanol–water partition coefficient (Wildman–Crippen LogP) is 2.52. The summed E-state index contributed by atoms with van der Waals surface area (Å²) in [4.78, 5) is 25.2. The van der Waals surface area contributed by atoms with E-state index in [0.717, 1.165) is 5.75 Å². The Kier molecular flexibility index (Phi) is 5.99. The van der Waals surface area contributed by atoms with Gasteiger partial charge in [0.15, 0.2) is 18.1 Å². The van der Waals surface area contributed by atoms with Crippen molar-refractivity contribution in [1.82, 2.24) is 4.90 Å². The largest absolute Gasteiger partial charge is 0.490 e. The van der Waals surface area contributed by atoms with Gasteiger partial charge in [-0.3, -0.25) is 4.79 Å². The monoisotopic (exact) mass is 353 g/mol. The molecule has 0 aliphatic carbocycles. The van der Waals surface area contributed by atoms with Gasteiger partial charge in [0.25, 0.3) is 5.91 Å². The van der Waals surface area contributed by atoms with Crippen LogP contribution in [-0.4, -0.2) is 58.7 Å². The third-order valence-electron chi connectivity index (χ3n) is 3.55. The molecule has 1 fully saturated rings. The maximum absolute atomic E-state index is 12.7. The standard InChI is InChI=1S/C17H23NO5S/c1-4-22-14-9-12(5-6-13(14)23-10-15(19)20)16(21)18-7-8-24-17(2,3)11-18/h5-6,9H,4,7-8,10-11H2,1-3H3,(H,19,20). The minimum absolute atomic E-state index is 0.0429. The molecule has 1 aromatic carbocycles. The van der Waals surface area contributed by atoms with E-state index in [1.807, 2.05) is 23.6 Å². The summed E-state index contributed by atoms with van der Waals surface area (Å²) in [6.07, 6.45) is 0. The van der Waals surface area contributed by atoms with Gasteiger partial charge in [0, 0.05) is 29.2 Å². The Bertz CT molecular complexity index is 617. The van der Waals surface area contributed by atoms with Crippen LogP contribution in [0.25, 0.3) is 0 Å². The first-order valence-electron chi connectivity index (χ1n) is 7.87. The summed E-state index contributed by atoms with van der Waals surface area (Å²) in [6.45, 7) is 7.43. The Morgan fingerprint density at radius 3 is 2.67 bits per heavy atom. The first-order chi connectivity index (χ1) is 11.3. The minimum atomic E-state index is -1.06. The molecule has 24 heavy (non-hydrogen) atoms. The molecule has 0 bridgehead atoms. The number of aliphatic carboxylic acids is 1. The zero-order chi connectivity index (χ0) is 17.7. The molecule has 1 amide bonds. The van der Waals surface area contributed by atoms with E-state index >= 15 is 0 Å². The number of amides is 1. The van der Waals surface area contributed by atoms with E-state index < -0.39 is 12.6 Å². The molecular weight excluding hydrogens is 330 g/mol. The van der Waals surface area contributed by atoms with Gasteiger partial charge in [-0.25, -0.2) is 4.79 Å². The van der Waals surface area contributed by atoms with Crippen molar-refractivity contribution in [3.05, 3.63) is 23.8 Å². The summed E-state index contributed by atoms with van der Waals surface area (Å²) in [5, 5.41) is 8.73. The number of ether oxygens (including phenoxy) is 2. The Morgan fingerprint density at radius 2 is 2.04 bits per heavy atom. The van der Waals surface area contributed by atoms with Gasteiger partial charge in [-0.2, -0.15) is 11.8 Å². The van der Waals surface area contributed by atoms with E-state index in [-0.39, 0.29) is 10.7 Å². The topological polar surface area (TPSA) is 76.1 Å². The molecule has 7 heteroatoms. The normalized spacial score (nSPS) is 16.5.